The maximum atomic E-state index is 11.2. The number of hydrogen-bond donors (Lipinski definition) is 0. The van der Waals surface area contributed by atoms with E-state index in [-0.39, 0.29) is 11.6 Å². The summed E-state index contributed by atoms with van der Waals surface area (Å²) in [6, 6.07) is 0. The smallest absolute Gasteiger partial charge is 0.306 e. The van der Waals surface area contributed by atoms with Crippen molar-refractivity contribution in [3.05, 3.63) is 11.1 Å². The summed E-state index contributed by atoms with van der Waals surface area (Å²) in [5, 5.41) is 0. The zero-order valence-electron chi connectivity index (χ0n) is 10.5. The number of rotatable bonds is 2. The van der Waals surface area contributed by atoms with Crippen molar-refractivity contribution in [3.8, 4) is 0 Å². The molecular formula is C14H22O2. The summed E-state index contributed by atoms with van der Waals surface area (Å²) >= 11 is 0. The Morgan fingerprint density at radius 2 is 1.94 bits per heavy atom. The monoisotopic (exact) mass is 222 g/mol. The van der Waals surface area contributed by atoms with E-state index in [9.17, 15) is 4.79 Å². The molecule has 1 unspecified atom stereocenters. The molecule has 0 aromatic heterocycles. The Kier molecular flexibility index (Phi) is 3.36. The van der Waals surface area contributed by atoms with E-state index in [4.69, 9.17) is 4.74 Å². The molecule has 2 rings (SSSR count). The first kappa shape index (κ1) is 11.7. The normalized spacial score (nSPS) is 30.4. The Morgan fingerprint density at radius 3 is 2.50 bits per heavy atom. The molecule has 0 aromatic rings. The highest BCUT2D eigenvalue weighted by Gasteiger charge is 2.36. The van der Waals surface area contributed by atoms with E-state index in [0.29, 0.717) is 6.42 Å². The minimum atomic E-state index is -0.217. The van der Waals surface area contributed by atoms with Crippen molar-refractivity contribution in [1.82, 2.24) is 0 Å². The lowest BCUT2D eigenvalue weighted by Crippen LogP contribution is -2.24. The fourth-order valence-electron chi connectivity index (χ4n) is 2.96. The SMILES string of the molecule is CC(CC1(C)CCC(=O)O1)=C1CCCCC1. The van der Waals surface area contributed by atoms with Crippen LogP contribution in [0.25, 0.3) is 0 Å². The average molecular weight is 222 g/mol. The van der Waals surface area contributed by atoms with E-state index in [1.807, 2.05) is 0 Å². The van der Waals surface area contributed by atoms with Gasteiger partial charge in [0.15, 0.2) is 0 Å². The summed E-state index contributed by atoms with van der Waals surface area (Å²) in [7, 11) is 0. The zero-order valence-corrected chi connectivity index (χ0v) is 10.5. The predicted molar refractivity (Wildman–Crippen MR) is 64.1 cm³/mol. The van der Waals surface area contributed by atoms with E-state index in [1.54, 1.807) is 5.57 Å². The molecule has 0 bridgehead atoms. The second-order valence-corrected chi connectivity index (χ2v) is 5.55. The number of ether oxygens (including phenoxy) is 1. The molecule has 1 aliphatic carbocycles. The van der Waals surface area contributed by atoms with Crippen LogP contribution in [-0.4, -0.2) is 11.6 Å². The third-order valence-corrected chi connectivity index (χ3v) is 3.92. The Balaban J connectivity index is 2.00. The Bertz CT molecular complexity index is 309. The van der Waals surface area contributed by atoms with Gasteiger partial charge in [-0.15, -0.1) is 0 Å². The molecule has 0 amide bonds. The third kappa shape index (κ3) is 2.66. The summed E-state index contributed by atoms with van der Waals surface area (Å²) in [6.07, 6.45) is 8.99. The fraction of sp³-hybridized carbons (Fsp3) is 0.786. The van der Waals surface area contributed by atoms with Crippen LogP contribution in [0.2, 0.25) is 0 Å². The molecule has 1 heterocycles. The van der Waals surface area contributed by atoms with Gasteiger partial charge in [0.05, 0.1) is 0 Å². The van der Waals surface area contributed by atoms with E-state index < -0.39 is 0 Å². The lowest BCUT2D eigenvalue weighted by molar-refractivity contribution is -0.147. The molecule has 1 atom stereocenters. The molecule has 1 saturated carbocycles. The van der Waals surface area contributed by atoms with Crippen molar-refractivity contribution in [2.75, 3.05) is 0 Å². The van der Waals surface area contributed by atoms with Crippen LogP contribution in [-0.2, 0) is 9.53 Å². The van der Waals surface area contributed by atoms with Gasteiger partial charge in [0, 0.05) is 12.8 Å². The minimum Gasteiger partial charge on any atom is -0.459 e. The van der Waals surface area contributed by atoms with Crippen LogP contribution in [0.5, 0.6) is 0 Å². The number of esters is 1. The number of cyclic esters (lactones) is 1. The highest BCUT2D eigenvalue weighted by atomic mass is 16.6. The molecule has 2 aliphatic rings. The number of carbonyl (C=O) groups excluding carboxylic acids is 1. The van der Waals surface area contributed by atoms with E-state index in [0.717, 1.165) is 12.8 Å². The molecule has 16 heavy (non-hydrogen) atoms. The molecule has 0 spiro atoms. The first-order chi connectivity index (χ1) is 7.59. The summed E-state index contributed by atoms with van der Waals surface area (Å²) in [4.78, 5) is 11.2. The summed E-state index contributed by atoms with van der Waals surface area (Å²) in [5.74, 6) is -0.0241. The van der Waals surface area contributed by atoms with Gasteiger partial charge in [0.25, 0.3) is 0 Å². The quantitative estimate of drug-likeness (QED) is 0.525. The first-order valence-electron chi connectivity index (χ1n) is 6.48. The lowest BCUT2D eigenvalue weighted by atomic mass is 9.86. The summed E-state index contributed by atoms with van der Waals surface area (Å²) in [5.41, 5.74) is 2.87. The highest BCUT2D eigenvalue weighted by Crippen LogP contribution is 2.35. The average Bonchev–Trinajstić information content (AvgIpc) is 2.59. The van der Waals surface area contributed by atoms with Gasteiger partial charge in [-0.3, -0.25) is 4.79 Å². The predicted octanol–water partition coefficient (Wildman–Crippen LogP) is 3.75. The molecule has 2 fully saturated rings. The lowest BCUT2D eigenvalue weighted by Gasteiger charge is -2.25. The van der Waals surface area contributed by atoms with Crippen LogP contribution >= 0.6 is 0 Å². The molecule has 90 valence electrons. The molecule has 1 saturated heterocycles. The van der Waals surface area contributed by atoms with Crippen LogP contribution in [0.15, 0.2) is 11.1 Å². The first-order valence-corrected chi connectivity index (χ1v) is 6.48. The van der Waals surface area contributed by atoms with Crippen molar-refractivity contribution in [2.24, 2.45) is 0 Å². The molecule has 0 radical (unpaired) electrons. The maximum absolute atomic E-state index is 11.2. The van der Waals surface area contributed by atoms with Crippen LogP contribution in [0.1, 0.15) is 65.2 Å². The second-order valence-electron chi connectivity index (χ2n) is 5.55. The van der Waals surface area contributed by atoms with Gasteiger partial charge in [-0.05, 0) is 46.0 Å². The molecule has 0 N–H and O–H groups in total. The zero-order chi connectivity index (χ0) is 11.6. The largest absolute Gasteiger partial charge is 0.459 e. The van der Waals surface area contributed by atoms with Gasteiger partial charge in [-0.2, -0.15) is 0 Å². The van der Waals surface area contributed by atoms with E-state index in [2.05, 4.69) is 13.8 Å². The second kappa shape index (κ2) is 4.60. The molecule has 2 nitrogen and oxygen atoms in total. The topological polar surface area (TPSA) is 26.3 Å². The standard InChI is InChI=1S/C14H22O2/c1-11(12-6-4-3-5-7-12)10-14(2)9-8-13(15)16-14/h3-10H2,1-2H3. The molecule has 0 aromatic carbocycles. The van der Waals surface area contributed by atoms with Crippen molar-refractivity contribution in [1.29, 1.82) is 0 Å². The van der Waals surface area contributed by atoms with Crippen LogP contribution < -0.4 is 0 Å². The van der Waals surface area contributed by atoms with E-state index in [1.165, 1.54) is 37.7 Å². The van der Waals surface area contributed by atoms with Crippen LogP contribution in [0.4, 0.5) is 0 Å². The third-order valence-electron chi connectivity index (χ3n) is 3.92. The van der Waals surface area contributed by atoms with Crippen LogP contribution in [0.3, 0.4) is 0 Å². The van der Waals surface area contributed by atoms with E-state index >= 15 is 0 Å². The summed E-state index contributed by atoms with van der Waals surface area (Å²) < 4.78 is 5.44. The van der Waals surface area contributed by atoms with Gasteiger partial charge in [-0.1, -0.05) is 17.6 Å². The van der Waals surface area contributed by atoms with Crippen molar-refractivity contribution in [3.63, 3.8) is 0 Å². The Hall–Kier alpha value is -0.790. The van der Waals surface area contributed by atoms with Crippen molar-refractivity contribution < 1.29 is 9.53 Å². The van der Waals surface area contributed by atoms with Gasteiger partial charge in [0.2, 0.25) is 0 Å². The van der Waals surface area contributed by atoms with Gasteiger partial charge in [-0.25, -0.2) is 0 Å². The number of allylic oxidation sites excluding steroid dienone is 1. The minimum absolute atomic E-state index is 0.0241. The van der Waals surface area contributed by atoms with Crippen LogP contribution in [0, 0.1) is 0 Å². The molecule has 1 aliphatic heterocycles. The van der Waals surface area contributed by atoms with Gasteiger partial charge in [0.1, 0.15) is 5.60 Å². The Labute approximate surface area is 98.1 Å². The highest BCUT2D eigenvalue weighted by molar-refractivity contribution is 5.72. The summed E-state index contributed by atoms with van der Waals surface area (Å²) in [6.45, 7) is 4.29. The van der Waals surface area contributed by atoms with Gasteiger partial charge >= 0.3 is 5.97 Å². The van der Waals surface area contributed by atoms with Crippen molar-refractivity contribution in [2.45, 2.75) is 70.8 Å². The Morgan fingerprint density at radius 1 is 1.25 bits per heavy atom. The molecular weight excluding hydrogens is 200 g/mol. The number of carbonyl (C=O) groups is 1. The van der Waals surface area contributed by atoms with Crippen molar-refractivity contribution >= 4 is 5.97 Å². The molecule has 2 heteroatoms. The maximum Gasteiger partial charge on any atom is 0.306 e. The number of hydrogen-bond acceptors (Lipinski definition) is 2. The van der Waals surface area contributed by atoms with Gasteiger partial charge < -0.3 is 4.74 Å². The fourth-order valence-corrected chi connectivity index (χ4v) is 2.96.